The van der Waals surface area contributed by atoms with Gasteiger partial charge in [-0.2, -0.15) is 0 Å². The van der Waals surface area contributed by atoms with Gasteiger partial charge in [-0.25, -0.2) is 9.78 Å². The molecule has 2 heterocycles. The van der Waals surface area contributed by atoms with E-state index in [0.717, 1.165) is 6.08 Å². The standard InChI is InChI=1S/C13H9ClN2O3/c14-10-5-11(8-15-7-10)19-12-3-1-9(6-16-12)2-4-13(17)18/h1-8H,(H,17,18)/b4-2+. The van der Waals surface area contributed by atoms with Gasteiger partial charge in [-0.05, 0) is 17.7 Å². The number of halogens is 1. The quantitative estimate of drug-likeness (QED) is 0.869. The highest BCUT2D eigenvalue weighted by atomic mass is 35.5. The van der Waals surface area contributed by atoms with Gasteiger partial charge in [-0.15, -0.1) is 0 Å². The Morgan fingerprint density at radius 3 is 2.79 bits per heavy atom. The van der Waals surface area contributed by atoms with Crippen molar-refractivity contribution in [2.45, 2.75) is 0 Å². The molecule has 0 fully saturated rings. The van der Waals surface area contributed by atoms with Crippen LogP contribution in [-0.4, -0.2) is 21.0 Å². The van der Waals surface area contributed by atoms with Crippen LogP contribution < -0.4 is 4.74 Å². The molecule has 5 nitrogen and oxygen atoms in total. The molecule has 2 aromatic heterocycles. The number of aromatic nitrogens is 2. The molecule has 2 aromatic rings. The molecule has 0 radical (unpaired) electrons. The number of hydrogen-bond acceptors (Lipinski definition) is 4. The minimum atomic E-state index is -1.01. The lowest BCUT2D eigenvalue weighted by Crippen LogP contribution is -1.89. The smallest absolute Gasteiger partial charge is 0.328 e. The average Bonchev–Trinajstić information content (AvgIpc) is 2.38. The van der Waals surface area contributed by atoms with Gasteiger partial charge in [0.2, 0.25) is 5.88 Å². The summed E-state index contributed by atoms with van der Waals surface area (Å²) < 4.78 is 5.44. The third-order valence-electron chi connectivity index (χ3n) is 2.08. The Morgan fingerprint density at radius 2 is 2.16 bits per heavy atom. The summed E-state index contributed by atoms with van der Waals surface area (Å²) in [5.74, 6) is -0.157. The van der Waals surface area contributed by atoms with E-state index in [1.165, 1.54) is 24.7 Å². The summed E-state index contributed by atoms with van der Waals surface area (Å²) in [6, 6.07) is 4.94. The molecule has 96 valence electrons. The number of ether oxygens (including phenoxy) is 1. The van der Waals surface area contributed by atoms with E-state index < -0.39 is 5.97 Å². The Kier molecular flexibility index (Phi) is 4.10. The molecule has 0 saturated heterocycles. The van der Waals surface area contributed by atoms with E-state index in [4.69, 9.17) is 21.4 Å². The fraction of sp³-hybridized carbons (Fsp3) is 0. The molecule has 0 aliphatic carbocycles. The predicted octanol–water partition coefficient (Wildman–Crippen LogP) is 3.02. The Balaban J connectivity index is 2.08. The van der Waals surface area contributed by atoms with E-state index in [1.807, 2.05) is 0 Å². The monoisotopic (exact) mass is 276 g/mol. The minimum Gasteiger partial charge on any atom is -0.478 e. The fourth-order valence-corrected chi connectivity index (χ4v) is 1.45. The third-order valence-corrected chi connectivity index (χ3v) is 2.29. The molecule has 19 heavy (non-hydrogen) atoms. The van der Waals surface area contributed by atoms with Gasteiger partial charge in [0.25, 0.3) is 0 Å². The van der Waals surface area contributed by atoms with Crippen LogP contribution >= 0.6 is 11.6 Å². The zero-order valence-electron chi connectivity index (χ0n) is 9.65. The number of carbonyl (C=O) groups is 1. The van der Waals surface area contributed by atoms with Crippen molar-refractivity contribution in [3.8, 4) is 11.6 Å². The number of pyridine rings is 2. The van der Waals surface area contributed by atoms with E-state index in [9.17, 15) is 4.79 Å². The van der Waals surface area contributed by atoms with Crippen molar-refractivity contribution in [1.82, 2.24) is 9.97 Å². The lowest BCUT2D eigenvalue weighted by molar-refractivity contribution is -0.131. The number of rotatable bonds is 4. The molecular weight excluding hydrogens is 268 g/mol. The Morgan fingerprint density at radius 1 is 1.32 bits per heavy atom. The summed E-state index contributed by atoms with van der Waals surface area (Å²) in [5.41, 5.74) is 0.666. The van der Waals surface area contributed by atoms with Crippen LogP contribution in [0.3, 0.4) is 0 Å². The molecular formula is C13H9ClN2O3. The summed E-state index contributed by atoms with van der Waals surface area (Å²) in [4.78, 5) is 18.3. The minimum absolute atomic E-state index is 0.372. The van der Waals surface area contributed by atoms with Gasteiger partial charge in [-0.1, -0.05) is 11.6 Å². The van der Waals surface area contributed by atoms with E-state index in [-0.39, 0.29) is 0 Å². The molecule has 0 bridgehead atoms. The van der Waals surface area contributed by atoms with Crippen LogP contribution in [-0.2, 0) is 4.79 Å². The summed E-state index contributed by atoms with van der Waals surface area (Å²) >= 11 is 5.78. The van der Waals surface area contributed by atoms with E-state index >= 15 is 0 Å². The average molecular weight is 277 g/mol. The van der Waals surface area contributed by atoms with Gasteiger partial charge >= 0.3 is 5.97 Å². The van der Waals surface area contributed by atoms with Gasteiger partial charge in [0, 0.05) is 30.6 Å². The van der Waals surface area contributed by atoms with Crippen LogP contribution in [0.15, 0.2) is 42.9 Å². The maximum absolute atomic E-state index is 10.4. The van der Waals surface area contributed by atoms with Gasteiger partial charge in [-0.3, -0.25) is 4.98 Å². The van der Waals surface area contributed by atoms with Gasteiger partial charge in [0.15, 0.2) is 0 Å². The van der Waals surface area contributed by atoms with Gasteiger partial charge in [0.1, 0.15) is 5.75 Å². The highest BCUT2D eigenvalue weighted by molar-refractivity contribution is 6.30. The summed E-state index contributed by atoms with van der Waals surface area (Å²) in [6.07, 6.45) is 7.01. The number of carboxylic acid groups (broad SMARTS) is 1. The predicted molar refractivity (Wildman–Crippen MR) is 70.2 cm³/mol. The number of hydrogen-bond donors (Lipinski definition) is 1. The molecule has 2 rings (SSSR count). The number of nitrogens with zero attached hydrogens (tertiary/aromatic N) is 2. The molecule has 0 saturated carbocycles. The highest BCUT2D eigenvalue weighted by Gasteiger charge is 2.00. The second-order valence-corrected chi connectivity index (χ2v) is 3.98. The maximum Gasteiger partial charge on any atom is 0.328 e. The van der Waals surface area contributed by atoms with E-state index in [1.54, 1.807) is 18.2 Å². The van der Waals surface area contributed by atoms with Crippen LogP contribution in [0.1, 0.15) is 5.56 Å². The first-order valence-electron chi connectivity index (χ1n) is 5.29. The Labute approximate surface area is 114 Å². The molecule has 0 atom stereocenters. The largest absolute Gasteiger partial charge is 0.478 e. The molecule has 0 amide bonds. The molecule has 0 aromatic carbocycles. The summed E-state index contributed by atoms with van der Waals surface area (Å²) in [7, 11) is 0. The van der Waals surface area contributed by atoms with Crippen molar-refractivity contribution in [2.75, 3.05) is 0 Å². The first kappa shape index (κ1) is 13.0. The van der Waals surface area contributed by atoms with Crippen molar-refractivity contribution in [2.24, 2.45) is 0 Å². The first-order chi connectivity index (χ1) is 9.13. The maximum atomic E-state index is 10.4. The van der Waals surface area contributed by atoms with E-state index in [0.29, 0.717) is 22.2 Å². The zero-order chi connectivity index (χ0) is 13.7. The second kappa shape index (κ2) is 5.97. The molecule has 0 aliphatic rings. The Bertz CT molecular complexity index is 612. The van der Waals surface area contributed by atoms with Crippen LogP contribution in [0.2, 0.25) is 5.02 Å². The highest BCUT2D eigenvalue weighted by Crippen LogP contribution is 2.21. The second-order valence-electron chi connectivity index (χ2n) is 3.54. The SMILES string of the molecule is O=C(O)/C=C/c1ccc(Oc2cncc(Cl)c2)nc1. The zero-order valence-corrected chi connectivity index (χ0v) is 10.4. The van der Waals surface area contributed by atoms with Crippen molar-refractivity contribution in [3.05, 3.63) is 53.5 Å². The molecule has 0 spiro atoms. The van der Waals surface area contributed by atoms with Crippen LogP contribution in [0.5, 0.6) is 11.6 Å². The third kappa shape index (κ3) is 4.08. The number of aliphatic carboxylic acids is 1. The Hall–Kier alpha value is -2.40. The first-order valence-corrected chi connectivity index (χ1v) is 5.67. The lowest BCUT2D eigenvalue weighted by atomic mass is 10.2. The lowest BCUT2D eigenvalue weighted by Gasteiger charge is -2.04. The van der Waals surface area contributed by atoms with Gasteiger partial charge < -0.3 is 9.84 Å². The summed E-state index contributed by atoms with van der Waals surface area (Å²) in [6.45, 7) is 0. The van der Waals surface area contributed by atoms with Crippen molar-refractivity contribution in [3.63, 3.8) is 0 Å². The van der Waals surface area contributed by atoms with Crippen LogP contribution in [0.25, 0.3) is 6.08 Å². The summed E-state index contributed by atoms with van der Waals surface area (Å²) in [5, 5.41) is 8.97. The topological polar surface area (TPSA) is 72.3 Å². The molecule has 6 heteroatoms. The normalized spacial score (nSPS) is 10.6. The van der Waals surface area contributed by atoms with E-state index in [2.05, 4.69) is 9.97 Å². The fourth-order valence-electron chi connectivity index (χ4n) is 1.29. The van der Waals surface area contributed by atoms with Crippen molar-refractivity contribution < 1.29 is 14.6 Å². The number of carboxylic acids is 1. The van der Waals surface area contributed by atoms with Gasteiger partial charge in [0.05, 0.1) is 11.2 Å². The molecule has 0 unspecified atom stereocenters. The van der Waals surface area contributed by atoms with Crippen LogP contribution in [0.4, 0.5) is 0 Å². The van der Waals surface area contributed by atoms with Crippen LogP contribution in [0, 0.1) is 0 Å². The van der Waals surface area contributed by atoms with Crippen molar-refractivity contribution >= 4 is 23.6 Å². The van der Waals surface area contributed by atoms with Crippen molar-refractivity contribution in [1.29, 1.82) is 0 Å². The molecule has 0 aliphatic heterocycles. The molecule has 1 N–H and O–H groups in total.